The zero-order valence-electron chi connectivity index (χ0n) is 12.7. The molecular weight excluding hydrogens is 270 g/mol. The molecule has 2 rings (SSSR count). The van der Waals surface area contributed by atoms with Gasteiger partial charge in [-0.25, -0.2) is 0 Å². The fourth-order valence-corrected chi connectivity index (χ4v) is 3.09. The van der Waals surface area contributed by atoms with Gasteiger partial charge in [-0.1, -0.05) is 0 Å². The Morgan fingerprint density at radius 1 is 1.40 bits per heavy atom. The Morgan fingerprint density at radius 2 is 2.10 bits per heavy atom. The van der Waals surface area contributed by atoms with Crippen LogP contribution in [0.1, 0.15) is 38.4 Å². The van der Waals surface area contributed by atoms with Crippen LogP contribution in [0, 0.1) is 20.8 Å². The Hall–Kier alpha value is -1.62. The monoisotopic (exact) mass is 291 g/mol. The lowest BCUT2D eigenvalue weighted by atomic mass is 10.1. The third kappa shape index (κ3) is 3.10. The van der Waals surface area contributed by atoms with E-state index in [-0.39, 0.29) is 11.9 Å². The van der Waals surface area contributed by atoms with Gasteiger partial charge in [-0.2, -0.15) is 5.10 Å². The summed E-state index contributed by atoms with van der Waals surface area (Å²) in [7, 11) is 1.95. The fraction of sp³-hybridized carbons (Fsp3) is 0.467. The third-order valence-electron chi connectivity index (χ3n) is 3.51. The second kappa shape index (κ2) is 5.79. The van der Waals surface area contributed by atoms with Gasteiger partial charge in [-0.3, -0.25) is 9.48 Å². The quantitative estimate of drug-likeness (QED) is 0.941. The molecule has 1 N–H and O–H groups in total. The summed E-state index contributed by atoms with van der Waals surface area (Å²) in [6, 6.07) is 3.94. The number of carbonyl (C=O) groups excluding carboxylic acids is 1. The van der Waals surface area contributed by atoms with E-state index < -0.39 is 0 Å². The standard InChI is InChI=1S/C15H21N3OS/c1-9(8-13-11(3)17-18(5)12(13)4)16-15(19)14-7-6-10(2)20-14/h6-7,9H,8H2,1-5H3,(H,16,19). The van der Waals surface area contributed by atoms with E-state index in [2.05, 4.69) is 17.3 Å². The van der Waals surface area contributed by atoms with Gasteiger partial charge in [0.2, 0.25) is 0 Å². The van der Waals surface area contributed by atoms with E-state index in [9.17, 15) is 4.79 Å². The minimum Gasteiger partial charge on any atom is -0.349 e. The molecule has 0 fully saturated rings. The van der Waals surface area contributed by atoms with Gasteiger partial charge in [0.15, 0.2) is 0 Å². The second-order valence-electron chi connectivity index (χ2n) is 5.26. The minimum absolute atomic E-state index is 0.00907. The molecule has 5 heteroatoms. The number of aryl methyl sites for hydroxylation is 3. The van der Waals surface area contributed by atoms with Gasteiger partial charge in [0.05, 0.1) is 10.6 Å². The molecule has 0 radical (unpaired) electrons. The zero-order chi connectivity index (χ0) is 14.9. The maximum absolute atomic E-state index is 12.1. The zero-order valence-corrected chi connectivity index (χ0v) is 13.5. The highest BCUT2D eigenvalue weighted by atomic mass is 32.1. The van der Waals surface area contributed by atoms with E-state index in [4.69, 9.17) is 0 Å². The van der Waals surface area contributed by atoms with Crippen molar-refractivity contribution < 1.29 is 4.79 Å². The van der Waals surface area contributed by atoms with E-state index in [1.807, 2.05) is 44.6 Å². The summed E-state index contributed by atoms with van der Waals surface area (Å²) in [6.45, 7) is 8.11. The molecular formula is C15H21N3OS. The van der Waals surface area contributed by atoms with Gasteiger partial charge in [-0.15, -0.1) is 11.3 Å². The van der Waals surface area contributed by atoms with Gasteiger partial charge in [0.1, 0.15) is 0 Å². The maximum Gasteiger partial charge on any atom is 0.261 e. The lowest BCUT2D eigenvalue weighted by Gasteiger charge is -2.13. The van der Waals surface area contributed by atoms with Crippen LogP contribution >= 0.6 is 11.3 Å². The molecule has 0 aliphatic rings. The molecule has 20 heavy (non-hydrogen) atoms. The van der Waals surface area contributed by atoms with Gasteiger partial charge < -0.3 is 5.32 Å². The number of carbonyl (C=O) groups is 1. The predicted molar refractivity (Wildman–Crippen MR) is 82.4 cm³/mol. The Labute approximate surface area is 123 Å². The van der Waals surface area contributed by atoms with Crippen molar-refractivity contribution in [2.45, 2.75) is 40.2 Å². The van der Waals surface area contributed by atoms with Crippen LogP contribution in [0.15, 0.2) is 12.1 Å². The molecule has 0 saturated carbocycles. The summed E-state index contributed by atoms with van der Waals surface area (Å²) in [5, 5.41) is 7.47. The lowest BCUT2D eigenvalue weighted by Crippen LogP contribution is -2.33. The van der Waals surface area contributed by atoms with E-state index in [0.717, 1.165) is 27.6 Å². The number of hydrogen-bond donors (Lipinski definition) is 1. The lowest BCUT2D eigenvalue weighted by molar-refractivity contribution is 0.0944. The minimum atomic E-state index is 0.00907. The summed E-state index contributed by atoms with van der Waals surface area (Å²) in [5.41, 5.74) is 3.43. The molecule has 0 aliphatic carbocycles. The van der Waals surface area contributed by atoms with Crippen molar-refractivity contribution in [3.8, 4) is 0 Å². The van der Waals surface area contributed by atoms with Gasteiger partial charge in [-0.05, 0) is 51.8 Å². The molecule has 0 saturated heterocycles. The van der Waals surface area contributed by atoms with E-state index >= 15 is 0 Å². The largest absolute Gasteiger partial charge is 0.349 e. The highest BCUT2D eigenvalue weighted by Gasteiger charge is 2.16. The van der Waals surface area contributed by atoms with Crippen LogP contribution in [0.2, 0.25) is 0 Å². The maximum atomic E-state index is 12.1. The summed E-state index contributed by atoms with van der Waals surface area (Å²) in [6.07, 6.45) is 0.807. The van der Waals surface area contributed by atoms with Crippen molar-refractivity contribution in [1.82, 2.24) is 15.1 Å². The molecule has 0 bridgehead atoms. The van der Waals surface area contributed by atoms with Crippen LogP contribution in [0.5, 0.6) is 0 Å². The van der Waals surface area contributed by atoms with Crippen LogP contribution in [0.25, 0.3) is 0 Å². The molecule has 1 amide bonds. The number of hydrogen-bond acceptors (Lipinski definition) is 3. The average Bonchev–Trinajstić information content (AvgIpc) is 2.89. The molecule has 0 aliphatic heterocycles. The van der Waals surface area contributed by atoms with E-state index in [1.165, 1.54) is 16.9 Å². The van der Waals surface area contributed by atoms with Crippen molar-refractivity contribution in [1.29, 1.82) is 0 Å². The molecule has 4 nitrogen and oxygen atoms in total. The number of amides is 1. The van der Waals surface area contributed by atoms with Crippen molar-refractivity contribution in [2.75, 3.05) is 0 Å². The first kappa shape index (κ1) is 14.8. The van der Waals surface area contributed by atoms with Gasteiger partial charge in [0, 0.05) is 23.7 Å². The first-order chi connectivity index (χ1) is 9.38. The molecule has 108 valence electrons. The number of rotatable bonds is 4. The first-order valence-electron chi connectivity index (χ1n) is 6.75. The molecule has 0 spiro atoms. The third-order valence-corrected chi connectivity index (χ3v) is 4.51. The molecule has 2 aromatic heterocycles. The van der Waals surface area contributed by atoms with Crippen LogP contribution in [-0.2, 0) is 13.5 Å². The van der Waals surface area contributed by atoms with Crippen molar-refractivity contribution >= 4 is 17.2 Å². The number of nitrogens with one attached hydrogen (secondary N) is 1. The smallest absolute Gasteiger partial charge is 0.261 e. The van der Waals surface area contributed by atoms with Crippen molar-refractivity contribution in [2.24, 2.45) is 7.05 Å². The highest BCUT2D eigenvalue weighted by Crippen LogP contribution is 2.17. The molecule has 1 atom stereocenters. The topological polar surface area (TPSA) is 46.9 Å². The van der Waals surface area contributed by atoms with Crippen LogP contribution in [-0.4, -0.2) is 21.7 Å². The summed E-state index contributed by atoms with van der Waals surface area (Å²) in [5.74, 6) is 0.00907. The molecule has 0 aromatic carbocycles. The highest BCUT2D eigenvalue weighted by molar-refractivity contribution is 7.13. The van der Waals surface area contributed by atoms with Crippen LogP contribution in [0.4, 0.5) is 0 Å². The molecule has 1 unspecified atom stereocenters. The van der Waals surface area contributed by atoms with E-state index in [0.29, 0.717) is 0 Å². The predicted octanol–water partition coefficient (Wildman–Crippen LogP) is 2.77. The number of aromatic nitrogens is 2. The Bertz CT molecular complexity index is 627. The van der Waals surface area contributed by atoms with Crippen LogP contribution < -0.4 is 5.32 Å². The SMILES string of the molecule is Cc1ccc(C(=O)NC(C)Cc2c(C)nn(C)c2C)s1. The van der Waals surface area contributed by atoms with Crippen LogP contribution in [0.3, 0.4) is 0 Å². The molecule has 2 aromatic rings. The van der Waals surface area contributed by atoms with Gasteiger partial charge in [0.25, 0.3) is 5.91 Å². The summed E-state index contributed by atoms with van der Waals surface area (Å²) < 4.78 is 1.89. The first-order valence-corrected chi connectivity index (χ1v) is 7.56. The second-order valence-corrected chi connectivity index (χ2v) is 6.55. The van der Waals surface area contributed by atoms with E-state index in [1.54, 1.807) is 0 Å². The number of nitrogens with zero attached hydrogens (tertiary/aromatic N) is 2. The fourth-order valence-electron chi connectivity index (χ4n) is 2.32. The Morgan fingerprint density at radius 3 is 2.60 bits per heavy atom. The summed E-state index contributed by atoms with van der Waals surface area (Å²) in [4.78, 5) is 14.0. The Balaban J connectivity index is 2.02. The van der Waals surface area contributed by atoms with Crippen molar-refractivity contribution in [3.63, 3.8) is 0 Å². The Kier molecular flexibility index (Phi) is 4.28. The average molecular weight is 291 g/mol. The molecule has 2 heterocycles. The van der Waals surface area contributed by atoms with Crippen molar-refractivity contribution in [3.05, 3.63) is 38.8 Å². The normalized spacial score (nSPS) is 12.4. The van der Waals surface area contributed by atoms with Gasteiger partial charge >= 0.3 is 0 Å². The number of thiophene rings is 1. The summed E-state index contributed by atoms with van der Waals surface area (Å²) >= 11 is 1.53.